The molecule has 0 aliphatic carbocycles. The molecular weight excluding hydrogens is 733 g/mol. The first-order valence-electron chi connectivity index (χ1n) is 19.8. The molecule has 2 atom stereocenters. The highest BCUT2D eigenvalue weighted by Gasteiger charge is 2.20. The summed E-state index contributed by atoms with van der Waals surface area (Å²) < 4.78 is 21.2. The summed E-state index contributed by atoms with van der Waals surface area (Å²) in [4.78, 5) is 80.9. The Morgan fingerprint density at radius 3 is 1.46 bits per heavy atom. The van der Waals surface area contributed by atoms with E-state index in [0.717, 1.165) is 57.8 Å². The summed E-state index contributed by atoms with van der Waals surface area (Å²) in [6.07, 6.45) is 11.7. The molecule has 2 unspecified atom stereocenters. The third kappa shape index (κ3) is 36.0. The summed E-state index contributed by atoms with van der Waals surface area (Å²) in [7, 11) is 5.09. The molecule has 0 fully saturated rings. The smallest absolute Gasteiger partial charge is 0.326 e. The Morgan fingerprint density at radius 1 is 0.500 bits per heavy atom. The lowest BCUT2D eigenvalue weighted by Crippen LogP contribution is -2.41. The predicted molar refractivity (Wildman–Crippen MR) is 207 cm³/mol. The first-order valence-corrected chi connectivity index (χ1v) is 19.8. The van der Waals surface area contributed by atoms with Gasteiger partial charge in [0.25, 0.3) is 0 Å². The van der Waals surface area contributed by atoms with Crippen LogP contribution >= 0.6 is 0 Å². The SMILES string of the molecule is [B]C(=O)C(N)CCCCNC(=O)COCCOCCNC(=O)COCCOCCNC(=O)CCC(NC(=O)CCCCCCCCCCCCC(=O)O)C(=O)O. The average molecular weight is 800 g/mol. The van der Waals surface area contributed by atoms with E-state index in [1.54, 1.807) is 0 Å². The van der Waals surface area contributed by atoms with Crippen LogP contribution in [0, 0.1) is 0 Å². The van der Waals surface area contributed by atoms with Gasteiger partial charge in [-0.3, -0.25) is 24.0 Å². The zero-order valence-electron chi connectivity index (χ0n) is 33.0. The minimum absolute atomic E-state index is 0.0399. The van der Waals surface area contributed by atoms with Crippen LogP contribution in [-0.2, 0) is 52.5 Å². The van der Waals surface area contributed by atoms with Crippen molar-refractivity contribution in [3.05, 3.63) is 0 Å². The Hall–Kier alpha value is -3.65. The first-order chi connectivity index (χ1) is 26.9. The highest BCUT2D eigenvalue weighted by atomic mass is 16.5. The molecule has 2 radical (unpaired) electrons. The van der Waals surface area contributed by atoms with E-state index in [-0.39, 0.29) is 115 Å². The van der Waals surface area contributed by atoms with Crippen molar-refractivity contribution < 1.29 is 62.7 Å². The zero-order valence-corrected chi connectivity index (χ0v) is 33.0. The standard InChI is InChI=1S/C37H66BN5O13/c38-36(50)29(39)13-11-12-18-40-33(46)27-55-25-24-54-22-20-42-34(47)28-56-26-23-53-21-19-41-31(44)17-16-30(37(51)52)43-32(45)14-9-7-5-3-1-2-4-6-8-10-15-35(48)49/h29-30H,1-28,39H2,(H,40,46)(H,41,44)(H,42,47)(H,43,45)(H,48,49)(H,51,52). The highest BCUT2D eigenvalue weighted by molar-refractivity contribution is 6.59. The maximum absolute atomic E-state index is 12.2. The number of rotatable bonds is 40. The Morgan fingerprint density at radius 2 is 0.964 bits per heavy atom. The molecule has 0 spiro atoms. The third-order valence-electron chi connectivity index (χ3n) is 8.31. The van der Waals surface area contributed by atoms with Crippen LogP contribution in [0.15, 0.2) is 0 Å². The topological polar surface area (TPSA) is 271 Å². The van der Waals surface area contributed by atoms with Crippen molar-refractivity contribution in [3.63, 3.8) is 0 Å². The molecule has 0 bridgehead atoms. The summed E-state index contributed by atoms with van der Waals surface area (Å²) in [6, 6.07) is -1.83. The quantitative estimate of drug-likeness (QED) is 0.0333. The van der Waals surface area contributed by atoms with Crippen LogP contribution in [0.2, 0.25) is 0 Å². The van der Waals surface area contributed by atoms with Gasteiger partial charge in [-0.05, 0) is 38.5 Å². The van der Waals surface area contributed by atoms with E-state index < -0.39 is 29.7 Å². The zero-order chi connectivity index (χ0) is 41.7. The Bertz CT molecular complexity index is 1120. The van der Waals surface area contributed by atoms with E-state index >= 15 is 0 Å². The number of aliphatic carboxylic acids is 2. The summed E-state index contributed by atoms with van der Waals surface area (Å²) in [6.45, 7) is 1.87. The lowest BCUT2D eigenvalue weighted by molar-refractivity contribution is -0.142. The number of ether oxygens (including phenoxy) is 4. The summed E-state index contributed by atoms with van der Waals surface area (Å²) in [5.41, 5.74) is 4.99. The maximum Gasteiger partial charge on any atom is 0.326 e. The molecule has 0 aromatic carbocycles. The molecule has 0 saturated carbocycles. The molecule has 19 heteroatoms. The third-order valence-corrected chi connectivity index (χ3v) is 8.31. The van der Waals surface area contributed by atoms with Gasteiger partial charge in [-0.2, -0.15) is 0 Å². The van der Waals surface area contributed by atoms with Gasteiger partial charge >= 0.3 is 11.9 Å². The molecule has 0 aliphatic heterocycles. The first kappa shape index (κ1) is 52.4. The number of carbonyl (C=O) groups excluding carboxylic acids is 5. The molecule has 0 saturated heterocycles. The molecule has 0 rings (SSSR count). The van der Waals surface area contributed by atoms with Crippen molar-refractivity contribution in [1.29, 1.82) is 0 Å². The number of carboxylic acids is 2. The lowest BCUT2D eigenvalue weighted by Gasteiger charge is -2.14. The monoisotopic (exact) mass is 799 g/mol. The van der Waals surface area contributed by atoms with Gasteiger partial charge in [-0.1, -0.05) is 51.4 Å². The normalized spacial score (nSPS) is 12.0. The summed E-state index contributed by atoms with van der Waals surface area (Å²) in [5, 5.41) is 28.6. The minimum Gasteiger partial charge on any atom is -0.481 e. The minimum atomic E-state index is -1.20. The van der Waals surface area contributed by atoms with Gasteiger partial charge in [0.1, 0.15) is 19.3 Å². The maximum atomic E-state index is 12.2. The second-order valence-corrected chi connectivity index (χ2v) is 13.3. The van der Waals surface area contributed by atoms with Crippen molar-refractivity contribution in [2.45, 2.75) is 121 Å². The van der Waals surface area contributed by atoms with E-state index in [4.69, 9.17) is 37.6 Å². The Labute approximate surface area is 332 Å². The fraction of sp³-hybridized carbons (Fsp3) is 0.811. The average Bonchev–Trinajstić information content (AvgIpc) is 3.15. The lowest BCUT2D eigenvalue weighted by atomic mass is 9.92. The van der Waals surface area contributed by atoms with Crippen molar-refractivity contribution in [2.24, 2.45) is 5.73 Å². The van der Waals surface area contributed by atoms with E-state index in [2.05, 4.69) is 21.3 Å². The number of nitrogens with two attached hydrogens (primary N) is 1. The largest absolute Gasteiger partial charge is 0.481 e. The van der Waals surface area contributed by atoms with Crippen LogP contribution in [0.3, 0.4) is 0 Å². The molecule has 56 heavy (non-hydrogen) atoms. The molecule has 0 aromatic heterocycles. The van der Waals surface area contributed by atoms with Crippen LogP contribution in [0.25, 0.3) is 0 Å². The van der Waals surface area contributed by atoms with Gasteiger partial charge in [-0.15, -0.1) is 0 Å². The van der Waals surface area contributed by atoms with Gasteiger partial charge in [0.2, 0.25) is 23.6 Å². The van der Waals surface area contributed by atoms with Crippen molar-refractivity contribution in [2.75, 3.05) is 72.5 Å². The molecule has 18 nitrogen and oxygen atoms in total. The predicted octanol–water partition coefficient (Wildman–Crippen LogP) is 0.710. The Kier molecular flexibility index (Phi) is 34.6. The van der Waals surface area contributed by atoms with Crippen molar-refractivity contribution in [1.82, 2.24) is 21.3 Å². The number of unbranched alkanes of at least 4 members (excludes halogenated alkanes) is 10. The molecule has 8 N–H and O–H groups in total. The molecule has 4 amide bonds. The fourth-order valence-corrected chi connectivity index (χ4v) is 5.12. The van der Waals surface area contributed by atoms with Gasteiger partial charge in [-0.25, -0.2) is 4.79 Å². The number of hydrogen-bond donors (Lipinski definition) is 7. The number of carboxylic acid groups (broad SMARTS) is 2. The molecule has 0 aliphatic rings. The fourth-order valence-electron chi connectivity index (χ4n) is 5.12. The van der Waals surface area contributed by atoms with Gasteiger partial charge < -0.3 is 61.0 Å². The molecule has 0 aromatic rings. The number of hydrogen-bond acceptors (Lipinski definition) is 12. The molecule has 0 heterocycles. The Balaban J connectivity index is 3.66. The van der Waals surface area contributed by atoms with Gasteiger partial charge in [0, 0.05) is 38.9 Å². The summed E-state index contributed by atoms with van der Waals surface area (Å²) in [5.74, 6) is -3.26. The molecular formula is C37H66BN5O13. The van der Waals surface area contributed by atoms with Crippen LogP contribution in [0.1, 0.15) is 109 Å². The van der Waals surface area contributed by atoms with Crippen LogP contribution in [-0.4, -0.2) is 144 Å². The summed E-state index contributed by atoms with van der Waals surface area (Å²) >= 11 is 0. The number of amides is 4. The van der Waals surface area contributed by atoms with E-state index in [1.165, 1.54) is 0 Å². The van der Waals surface area contributed by atoms with Crippen molar-refractivity contribution in [3.8, 4) is 0 Å². The molecule has 320 valence electrons. The second-order valence-electron chi connectivity index (χ2n) is 13.3. The van der Waals surface area contributed by atoms with Crippen LogP contribution in [0.4, 0.5) is 0 Å². The highest BCUT2D eigenvalue weighted by Crippen LogP contribution is 2.12. The van der Waals surface area contributed by atoms with E-state index in [0.29, 0.717) is 32.2 Å². The van der Waals surface area contributed by atoms with Crippen LogP contribution < -0.4 is 27.0 Å². The van der Waals surface area contributed by atoms with Gasteiger partial charge in [0.15, 0.2) is 7.85 Å². The van der Waals surface area contributed by atoms with Crippen LogP contribution in [0.5, 0.6) is 0 Å². The number of carbonyl (C=O) groups is 7. The van der Waals surface area contributed by atoms with E-state index in [9.17, 15) is 38.7 Å². The number of nitrogens with one attached hydrogen (secondary N) is 4. The van der Waals surface area contributed by atoms with Crippen molar-refractivity contribution >= 4 is 49.1 Å². The van der Waals surface area contributed by atoms with Gasteiger partial charge in [0.05, 0.1) is 51.4 Å². The van der Waals surface area contributed by atoms with E-state index in [1.807, 2.05) is 0 Å². The second kappa shape index (κ2) is 37.0.